The summed E-state index contributed by atoms with van der Waals surface area (Å²) in [6.07, 6.45) is 10.3. The third-order valence-corrected chi connectivity index (χ3v) is 7.68. The Bertz CT molecular complexity index is 784. The number of ether oxygens (including phenoxy) is 1. The van der Waals surface area contributed by atoms with Crippen molar-refractivity contribution in [2.75, 3.05) is 24.6 Å². The highest BCUT2D eigenvalue weighted by Crippen LogP contribution is 2.53. The summed E-state index contributed by atoms with van der Waals surface area (Å²) in [6, 6.07) is 0. The summed E-state index contributed by atoms with van der Waals surface area (Å²) in [5, 5.41) is 0. The van der Waals surface area contributed by atoms with Crippen molar-refractivity contribution in [3.8, 4) is 0 Å². The van der Waals surface area contributed by atoms with Gasteiger partial charge in [0.2, 0.25) is 11.8 Å². The van der Waals surface area contributed by atoms with Crippen LogP contribution < -0.4 is 5.73 Å². The van der Waals surface area contributed by atoms with Crippen LogP contribution in [0.25, 0.3) is 0 Å². The second kappa shape index (κ2) is 10.1. The van der Waals surface area contributed by atoms with E-state index in [9.17, 15) is 19.2 Å². The topological polar surface area (TPSA) is 107 Å². The molecule has 2 aliphatic heterocycles. The molecule has 0 radical (unpaired) electrons. The maximum absolute atomic E-state index is 12.0. The third-order valence-electron chi connectivity index (χ3n) is 7.22. The van der Waals surface area contributed by atoms with Gasteiger partial charge in [-0.2, -0.15) is 25.3 Å². The Morgan fingerprint density at radius 3 is 1.50 bits per heavy atom. The van der Waals surface area contributed by atoms with Gasteiger partial charge in [-0.15, -0.1) is 0 Å². The van der Waals surface area contributed by atoms with Crippen LogP contribution in [-0.4, -0.2) is 53.2 Å². The van der Waals surface area contributed by atoms with Gasteiger partial charge in [0.1, 0.15) is 0 Å². The third kappa shape index (κ3) is 4.07. The number of hydrogen-bond donors (Lipinski definition) is 3. The summed E-state index contributed by atoms with van der Waals surface area (Å²) >= 11 is 7.88. The van der Waals surface area contributed by atoms with E-state index in [-0.39, 0.29) is 66.7 Å². The number of fused-ring (bicyclic) bond motifs is 10. The van der Waals surface area contributed by atoms with Gasteiger partial charge in [0.15, 0.2) is 0 Å². The van der Waals surface area contributed by atoms with Gasteiger partial charge < -0.3 is 10.5 Å². The molecule has 9 heteroatoms. The number of nitrogens with zero attached hydrogens (tertiary/aromatic N) is 1. The molecule has 4 bridgehead atoms. The fraction of sp³-hybridized carbons (Fsp3) is 0.652. The van der Waals surface area contributed by atoms with Crippen molar-refractivity contribution in [3.05, 3.63) is 24.3 Å². The van der Waals surface area contributed by atoms with Gasteiger partial charge in [0.05, 0.1) is 23.7 Å². The molecular formula is C23H32N2O5S2. The minimum Gasteiger partial charge on any atom is -0.393 e. The predicted octanol–water partition coefficient (Wildman–Crippen LogP) is 1.74. The lowest BCUT2D eigenvalue weighted by molar-refractivity contribution is -0.154. The van der Waals surface area contributed by atoms with Crippen LogP contribution in [-0.2, 0) is 23.9 Å². The summed E-state index contributed by atoms with van der Waals surface area (Å²) < 4.78 is 4.59. The van der Waals surface area contributed by atoms with E-state index in [0.29, 0.717) is 30.7 Å². The molecule has 6 aliphatic rings. The smallest absolute Gasteiger partial charge is 0.318 e. The van der Waals surface area contributed by atoms with Crippen molar-refractivity contribution >= 4 is 49.0 Å². The number of carbonyl (C=O) groups excluding carboxylic acids is 4. The first-order chi connectivity index (χ1) is 14.9. The van der Waals surface area contributed by atoms with E-state index in [4.69, 9.17) is 5.73 Å². The number of allylic oxidation sites excluding steroid dienone is 4. The number of carbonyl (C=O) groups is 4. The minimum atomic E-state index is -0.304. The molecule has 32 heavy (non-hydrogen) atoms. The van der Waals surface area contributed by atoms with E-state index in [0.717, 1.165) is 18.6 Å². The van der Waals surface area contributed by atoms with Crippen LogP contribution in [0.2, 0.25) is 0 Å². The molecule has 4 aliphatic carbocycles. The van der Waals surface area contributed by atoms with Crippen LogP contribution in [0, 0.1) is 47.3 Å². The van der Waals surface area contributed by atoms with Crippen molar-refractivity contribution in [2.24, 2.45) is 53.1 Å². The van der Waals surface area contributed by atoms with Crippen LogP contribution in [0.1, 0.15) is 20.3 Å². The Balaban J connectivity index is 0.000000154. The lowest BCUT2D eigenvalue weighted by Gasteiger charge is -2.15. The largest absolute Gasteiger partial charge is 0.393 e. The van der Waals surface area contributed by atoms with Crippen LogP contribution in [0.4, 0.5) is 0 Å². The average Bonchev–Trinajstić information content (AvgIpc) is 3.59. The number of likely N-dealkylation sites (tertiary alicyclic amines) is 1. The van der Waals surface area contributed by atoms with E-state index in [1.54, 1.807) is 0 Å². The highest BCUT2D eigenvalue weighted by Gasteiger charge is 2.59. The minimum absolute atomic E-state index is 0. The number of esters is 2. The molecule has 6 rings (SSSR count). The molecule has 0 spiro atoms. The maximum Gasteiger partial charge on any atom is 0.318 e. The lowest BCUT2D eigenvalue weighted by Crippen LogP contribution is -2.34. The van der Waals surface area contributed by atoms with E-state index in [1.807, 2.05) is 12.2 Å². The molecule has 176 valence electrons. The maximum atomic E-state index is 12.0. The summed E-state index contributed by atoms with van der Waals surface area (Å²) in [4.78, 5) is 47.8. The van der Waals surface area contributed by atoms with Crippen molar-refractivity contribution in [2.45, 2.75) is 20.3 Å². The molecule has 0 aromatic heterocycles. The summed E-state index contributed by atoms with van der Waals surface area (Å²) in [7, 11) is 0. The molecule has 2 N–H and O–H groups in total. The second-order valence-corrected chi connectivity index (χ2v) is 9.70. The van der Waals surface area contributed by atoms with Gasteiger partial charge in [-0.25, -0.2) is 0 Å². The van der Waals surface area contributed by atoms with Crippen LogP contribution in [0.5, 0.6) is 0 Å². The molecule has 0 aromatic carbocycles. The first kappa shape index (κ1) is 25.1. The first-order valence-corrected chi connectivity index (χ1v) is 12.1. The summed E-state index contributed by atoms with van der Waals surface area (Å²) in [5.41, 5.74) is 4.95. The number of thiol groups is 2. The van der Waals surface area contributed by atoms with Gasteiger partial charge >= 0.3 is 11.9 Å². The van der Waals surface area contributed by atoms with Crippen LogP contribution >= 0.6 is 25.3 Å². The highest BCUT2D eigenvalue weighted by atomic mass is 32.1. The Hall–Kier alpha value is -1.58. The number of cyclic esters (lactones) is 2. The zero-order valence-corrected chi connectivity index (χ0v) is 18.9. The fourth-order valence-electron chi connectivity index (χ4n) is 5.98. The summed E-state index contributed by atoms with van der Waals surface area (Å²) in [6.45, 7) is 1.15. The first-order valence-electron chi connectivity index (χ1n) is 10.8. The van der Waals surface area contributed by atoms with Crippen molar-refractivity contribution < 1.29 is 23.9 Å². The van der Waals surface area contributed by atoms with Gasteiger partial charge in [0, 0.05) is 24.6 Å². The molecule has 2 amide bonds. The van der Waals surface area contributed by atoms with Gasteiger partial charge in [0.25, 0.3) is 0 Å². The number of amides is 2. The number of hydrogen-bond acceptors (Lipinski definition) is 8. The fourth-order valence-corrected chi connectivity index (χ4v) is 6.18. The van der Waals surface area contributed by atoms with Crippen molar-refractivity contribution in [1.82, 2.24) is 4.90 Å². The molecular weight excluding hydrogens is 448 g/mol. The average molecular weight is 481 g/mol. The van der Waals surface area contributed by atoms with Gasteiger partial charge in [-0.05, 0) is 36.5 Å². The Labute approximate surface area is 200 Å². The number of nitrogens with two attached hydrogens (primary N) is 1. The standard InChI is InChI=1S/C11H13NO2S.C9H8O3.C2H7NS.CH4/c13-10-8-6-1-2-7(5-6)9(8)11(14)12(10)3-4-15;10-8-6-4-1-2-5(3-4)7(6)9(11)12-8;3-1-2-4;/h1-2,6-9,15H,3-5H2;1-2,4-7H,3H2;4H,1-3H2;1H4. The van der Waals surface area contributed by atoms with E-state index in [1.165, 1.54) is 4.90 Å². The van der Waals surface area contributed by atoms with Crippen molar-refractivity contribution in [3.63, 3.8) is 0 Å². The zero-order chi connectivity index (χ0) is 22.3. The molecule has 8 atom stereocenters. The summed E-state index contributed by atoms with van der Waals surface area (Å²) in [5.74, 6) is 1.62. The number of rotatable bonds is 3. The second-order valence-electron chi connectivity index (χ2n) is 8.80. The van der Waals surface area contributed by atoms with Gasteiger partial charge in [-0.3, -0.25) is 24.1 Å². The van der Waals surface area contributed by atoms with Crippen LogP contribution in [0.15, 0.2) is 24.3 Å². The van der Waals surface area contributed by atoms with E-state index >= 15 is 0 Å². The quantitative estimate of drug-likeness (QED) is 0.187. The SMILES string of the molecule is C.NCCS.O=C1C2C3C=CC(C3)C2C(=O)N1CCS.O=C1OC(=O)C2C3C=CC(C3)C12. The van der Waals surface area contributed by atoms with E-state index < -0.39 is 0 Å². The van der Waals surface area contributed by atoms with Crippen LogP contribution in [0.3, 0.4) is 0 Å². The molecule has 2 saturated carbocycles. The Morgan fingerprint density at radius 2 is 1.16 bits per heavy atom. The molecule has 0 aromatic rings. The highest BCUT2D eigenvalue weighted by molar-refractivity contribution is 7.80. The Kier molecular flexibility index (Phi) is 7.93. The Morgan fingerprint density at radius 1 is 0.781 bits per heavy atom. The molecule has 2 saturated heterocycles. The normalized spacial score (nSPS) is 38.7. The monoisotopic (exact) mass is 480 g/mol. The zero-order valence-electron chi connectivity index (χ0n) is 17.1. The molecule has 2 heterocycles. The number of imide groups is 1. The lowest BCUT2D eigenvalue weighted by atomic mass is 9.85. The van der Waals surface area contributed by atoms with Gasteiger partial charge in [-0.1, -0.05) is 31.7 Å². The van der Waals surface area contributed by atoms with E-state index in [2.05, 4.69) is 42.1 Å². The van der Waals surface area contributed by atoms with Crippen molar-refractivity contribution in [1.29, 1.82) is 0 Å². The molecule has 4 fully saturated rings. The molecule has 7 nitrogen and oxygen atoms in total. The molecule has 8 unspecified atom stereocenters. The predicted molar refractivity (Wildman–Crippen MR) is 127 cm³/mol.